The Kier molecular flexibility index (Phi) is 12.8. The summed E-state index contributed by atoms with van der Waals surface area (Å²) in [6.45, 7) is 7.15. The predicted octanol–water partition coefficient (Wildman–Crippen LogP) is 11.1. The van der Waals surface area contributed by atoms with Crippen LogP contribution in [0.2, 0.25) is 0 Å². The quantitative estimate of drug-likeness (QED) is 0.116. The van der Waals surface area contributed by atoms with Crippen molar-refractivity contribution in [2.75, 3.05) is 26.1 Å². The van der Waals surface area contributed by atoms with Gasteiger partial charge in [0.15, 0.2) is 0 Å². The average Bonchev–Trinajstić information content (AvgIpc) is 3.01. The van der Waals surface area contributed by atoms with Crippen molar-refractivity contribution in [1.29, 1.82) is 0 Å². The molecule has 0 fully saturated rings. The molecule has 0 N–H and O–H groups in total. The molecular formula is C39H56OP+. The minimum atomic E-state index is -0.987. The SMILES string of the molecule is CCCC[P+](C)(CCCCCCCCCCC1c2ccc(OC)cc2CCC1c1ccc(C)cc1)c1ccccc1. The summed E-state index contributed by atoms with van der Waals surface area (Å²) in [6, 6.07) is 27.7. The fourth-order valence-corrected chi connectivity index (χ4v) is 10.7. The Balaban J connectivity index is 1.20. The Morgan fingerprint density at radius 2 is 1.41 bits per heavy atom. The van der Waals surface area contributed by atoms with Gasteiger partial charge < -0.3 is 4.74 Å². The summed E-state index contributed by atoms with van der Waals surface area (Å²) in [6.07, 6.45) is 20.4. The van der Waals surface area contributed by atoms with Crippen molar-refractivity contribution in [1.82, 2.24) is 0 Å². The molecule has 0 bridgehead atoms. The molecule has 1 aliphatic carbocycles. The second-order valence-electron chi connectivity index (χ2n) is 12.9. The Hall–Kier alpha value is -2.11. The molecule has 3 atom stereocenters. The van der Waals surface area contributed by atoms with Gasteiger partial charge in [-0.25, -0.2) is 0 Å². The normalized spacial score (nSPS) is 18.0. The van der Waals surface area contributed by atoms with Crippen molar-refractivity contribution in [3.63, 3.8) is 0 Å². The minimum Gasteiger partial charge on any atom is -0.497 e. The van der Waals surface area contributed by atoms with Gasteiger partial charge in [-0.2, -0.15) is 0 Å². The molecule has 3 aromatic rings. The summed E-state index contributed by atoms with van der Waals surface area (Å²) in [5.41, 5.74) is 5.97. The first-order valence-corrected chi connectivity index (χ1v) is 19.3. The zero-order valence-corrected chi connectivity index (χ0v) is 27.4. The highest BCUT2D eigenvalue weighted by atomic mass is 31.2. The van der Waals surface area contributed by atoms with E-state index >= 15 is 0 Å². The van der Waals surface area contributed by atoms with E-state index in [9.17, 15) is 0 Å². The van der Waals surface area contributed by atoms with Crippen LogP contribution in [0.15, 0.2) is 72.8 Å². The molecule has 0 saturated heterocycles. The third kappa shape index (κ3) is 9.19. The van der Waals surface area contributed by atoms with E-state index in [4.69, 9.17) is 4.74 Å². The number of hydrogen-bond acceptors (Lipinski definition) is 1. The van der Waals surface area contributed by atoms with E-state index in [0.29, 0.717) is 11.8 Å². The molecule has 0 amide bonds. The molecule has 1 aliphatic rings. The van der Waals surface area contributed by atoms with E-state index in [1.54, 1.807) is 18.0 Å². The first-order valence-electron chi connectivity index (χ1n) is 16.7. The van der Waals surface area contributed by atoms with E-state index < -0.39 is 7.26 Å². The number of methoxy groups -OCH3 is 1. The van der Waals surface area contributed by atoms with Gasteiger partial charge >= 0.3 is 0 Å². The molecule has 0 aromatic heterocycles. The molecule has 0 spiro atoms. The molecule has 2 heteroatoms. The summed E-state index contributed by atoms with van der Waals surface area (Å²) in [5.74, 6) is 2.27. The maximum Gasteiger partial charge on any atom is 0.119 e. The van der Waals surface area contributed by atoms with Crippen LogP contribution in [-0.2, 0) is 6.42 Å². The molecule has 0 radical (unpaired) electrons. The zero-order valence-electron chi connectivity index (χ0n) is 26.5. The van der Waals surface area contributed by atoms with Crippen molar-refractivity contribution in [2.45, 2.75) is 109 Å². The van der Waals surface area contributed by atoms with Crippen molar-refractivity contribution < 1.29 is 4.74 Å². The van der Waals surface area contributed by atoms with Crippen LogP contribution in [0.1, 0.15) is 118 Å². The van der Waals surface area contributed by atoms with Crippen molar-refractivity contribution in [3.05, 3.63) is 95.1 Å². The Morgan fingerprint density at radius 1 is 0.756 bits per heavy atom. The molecule has 4 rings (SSSR count). The fourth-order valence-electron chi connectivity index (χ4n) is 7.14. The average molecular weight is 572 g/mol. The third-order valence-electron chi connectivity index (χ3n) is 9.77. The molecule has 0 heterocycles. The van der Waals surface area contributed by atoms with Crippen LogP contribution in [0.5, 0.6) is 5.75 Å². The standard InChI is InChI=1S/C39H56OP/c1-5-6-29-41(4,36-18-14-13-15-19-36)30-17-12-10-8-7-9-11-16-20-39-37(33-23-21-32(2)22-24-33)27-25-34-31-35(40-3)26-28-38(34)39/h13-15,18-19,21-24,26,28,31,37,39H,5-12,16-17,20,25,27,29-30H2,1-4H3/q+1. The van der Waals surface area contributed by atoms with E-state index in [1.165, 1.54) is 106 Å². The lowest BCUT2D eigenvalue weighted by Gasteiger charge is -2.34. The van der Waals surface area contributed by atoms with Gasteiger partial charge in [0, 0.05) is 7.26 Å². The molecular weight excluding hydrogens is 515 g/mol. The number of aryl methyl sites for hydroxylation is 2. The summed E-state index contributed by atoms with van der Waals surface area (Å²) < 4.78 is 5.55. The smallest absolute Gasteiger partial charge is 0.119 e. The van der Waals surface area contributed by atoms with Crippen LogP contribution >= 0.6 is 7.26 Å². The van der Waals surface area contributed by atoms with Crippen molar-refractivity contribution in [3.8, 4) is 5.75 Å². The van der Waals surface area contributed by atoms with Crippen molar-refractivity contribution >= 4 is 12.6 Å². The molecule has 3 aromatic carbocycles. The molecule has 3 unspecified atom stereocenters. The largest absolute Gasteiger partial charge is 0.497 e. The lowest BCUT2D eigenvalue weighted by atomic mass is 9.70. The van der Waals surface area contributed by atoms with Gasteiger partial charge in [-0.05, 0) is 98.2 Å². The highest BCUT2D eigenvalue weighted by Crippen LogP contribution is 2.55. The number of unbranched alkanes of at least 4 members (excludes halogenated alkanes) is 8. The van der Waals surface area contributed by atoms with E-state index in [1.807, 2.05) is 0 Å². The molecule has 41 heavy (non-hydrogen) atoms. The lowest BCUT2D eigenvalue weighted by molar-refractivity contribution is 0.406. The number of benzene rings is 3. The van der Waals surface area contributed by atoms with Crippen LogP contribution in [0.4, 0.5) is 0 Å². The van der Waals surface area contributed by atoms with Gasteiger partial charge in [-0.1, -0.05) is 106 Å². The van der Waals surface area contributed by atoms with Crippen LogP contribution in [0.3, 0.4) is 0 Å². The molecule has 1 nitrogen and oxygen atoms in total. The first-order chi connectivity index (χ1) is 20.0. The minimum absolute atomic E-state index is 0.627. The maximum atomic E-state index is 5.55. The summed E-state index contributed by atoms with van der Waals surface area (Å²) in [7, 11) is 0.798. The second kappa shape index (κ2) is 16.5. The van der Waals surface area contributed by atoms with Crippen LogP contribution in [-0.4, -0.2) is 26.1 Å². The van der Waals surface area contributed by atoms with Crippen molar-refractivity contribution in [2.24, 2.45) is 0 Å². The second-order valence-corrected chi connectivity index (χ2v) is 17.1. The van der Waals surface area contributed by atoms with Gasteiger partial charge in [0.25, 0.3) is 0 Å². The van der Waals surface area contributed by atoms with Crippen LogP contribution < -0.4 is 10.0 Å². The number of ether oxygens (including phenoxy) is 1. The Morgan fingerprint density at radius 3 is 2.10 bits per heavy atom. The monoisotopic (exact) mass is 571 g/mol. The van der Waals surface area contributed by atoms with E-state index in [2.05, 4.69) is 93.3 Å². The first kappa shape index (κ1) is 31.8. The van der Waals surface area contributed by atoms with Gasteiger partial charge in [-0.3, -0.25) is 0 Å². The molecule has 0 saturated carbocycles. The van der Waals surface area contributed by atoms with E-state index in [-0.39, 0.29) is 0 Å². The summed E-state index contributed by atoms with van der Waals surface area (Å²) in [5, 5.41) is 1.65. The van der Waals surface area contributed by atoms with Gasteiger partial charge in [0.1, 0.15) is 5.75 Å². The Bertz CT molecular complexity index is 1150. The lowest BCUT2D eigenvalue weighted by Crippen LogP contribution is -2.19. The number of rotatable bonds is 17. The third-order valence-corrected chi connectivity index (χ3v) is 13.9. The summed E-state index contributed by atoms with van der Waals surface area (Å²) >= 11 is 0. The highest BCUT2D eigenvalue weighted by Gasteiger charge is 2.33. The van der Waals surface area contributed by atoms with Crippen LogP contribution in [0, 0.1) is 6.92 Å². The fraction of sp³-hybridized carbons (Fsp3) is 0.538. The predicted molar refractivity (Wildman–Crippen MR) is 183 cm³/mol. The topological polar surface area (TPSA) is 9.23 Å². The van der Waals surface area contributed by atoms with Gasteiger partial charge in [0.2, 0.25) is 0 Å². The van der Waals surface area contributed by atoms with Crippen LogP contribution in [0.25, 0.3) is 0 Å². The molecule has 0 aliphatic heterocycles. The van der Waals surface area contributed by atoms with E-state index in [0.717, 1.165) is 12.2 Å². The maximum absolute atomic E-state index is 5.55. The summed E-state index contributed by atoms with van der Waals surface area (Å²) in [4.78, 5) is 0. The number of fused-ring (bicyclic) bond motifs is 1. The highest BCUT2D eigenvalue weighted by molar-refractivity contribution is 7.82. The Labute approximate surface area is 252 Å². The van der Waals surface area contributed by atoms with Gasteiger partial charge in [-0.15, -0.1) is 0 Å². The number of hydrogen-bond donors (Lipinski definition) is 0. The van der Waals surface area contributed by atoms with Gasteiger partial charge in [0.05, 0.1) is 31.4 Å². The molecule has 222 valence electrons. The zero-order chi connectivity index (χ0) is 28.9.